The fourth-order valence-corrected chi connectivity index (χ4v) is 0.545. The minimum Gasteiger partial charge on any atom is -0.289 e. The van der Waals surface area contributed by atoms with Gasteiger partial charge in [-0.1, -0.05) is 0 Å². The highest BCUT2D eigenvalue weighted by Crippen LogP contribution is 1.83. The van der Waals surface area contributed by atoms with Crippen LogP contribution in [0.25, 0.3) is 0 Å². The monoisotopic (exact) mass is 125 g/mol. The number of rotatable bonds is 1. The van der Waals surface area contributed by atoms with Crippen molar-refractivity contribution in [1.82, 2.24) is 5.32 Å². The minimum atomic E-state index is -0.331. The van der Waals surface area contributed by atoms with Crippen LogP contribution in [0.15, 0.2) is 9.98 Å². The van der Waals surface area contributed by atoms with E-state index in [1.807, 2.05) is 6.92 Å². The predicted molar refractivity (Wildman–Crippen MR) is 35.0 cm³/mol. The molecule has 1 heterocycles. The van der Waals surface area contributed by atoms with E-state index in [0.717, 1.165) is 0 Å². The molecule has 0 aliphatic carbocycles. The van der Waals surface area contributed by atoms with Crippen molar-refractivity contribution in [3.8, 4) is 0 Å². The van der Waals surface area contributed by atoms with E-state index in [1.165, 1.54) is 6.21 Å². The Morgan fingerprint density at radius 2 is 2.67 bits per heavy atom. The van der Waals surface area contributed by atoms with Gasteiger partial charge in [-0.2, -0.15) is 4.99 Å². The number of nitrogens with zero attached hydrogens (tertiary/aromatic N) is 2. The van der Waals surface area contributed by atoms with Crippen molar-refractivity contribution in [3.63, 3.8) is 0 Å². The summed E-state index contributed by atoms with van der Waals surface area (Å²) in [6.07, 6.45) is 1.42. The van der Waals surface area contributed by atoms with Gasteiger partial charge in [0.05, 0.1) is 6.21 Å². The van der Waals surface area contributed by atoms with Gasteiger partial charge in [0.15, 0.2) is 0 Å². The Morgan fingerprint density at radius 1 is 1.89 bits per heavy atom. The lowest BCUT2D eigenvalue weighted by Crippen LogP contribution is -2.21. The highest BCUT2D eigenvalue weighted by Gasteiger charge is 2.07. The van der Waals surface area contributed by atoms with Crippen LogP contribution in [0.4, 0.5) is 4.79 Å². The standard InChI is InChI=1S/C5H7N3O/c1-2-6-4-3-7-5(9)8-4/h3H,2H2,1H3,(H,6,8,9). The van der Waals surface area contributed by atoms with E-state index < -0.39 is 0 Å². The van der Waals surface area contributed by atoms with E-state index in [2.05, 4.69) is 15.3 Å². The summed E-state index contributed by atoms with van der Waals surface area (Å²) in [5, 5.41) is 2.44. The summed E-state index contributed by atoms with van der Waals surface area (Å²) >= 11 is 0. The Bertz CT molecular complexity index is 183. The van der Waals surface area contributed by atoms with Gasteiger partial charge in [0.1, 0.15) is 5.84 Å². The topological polar surface area (TPSA) is 53.8 Å². The summed E-state index contributed by atoms with van der Waals surface area (Å²) in [7, 11) is 0. The van der Waals surface area contributed by atoms with Crippen LogP contribution in [-0.4, -0.2) is 24.6 Å². The molecule has 0 unspecified atom stereocenters. The first kappa shape index (κ1) is 5.94. The largest absolute Gasteiger partial charge is 0.346 e. The molecule has 0 saturated heterocycles. The molecule has 4 nitrogen and oxygen atoms in total. The van der Waals surface area contributed by atoms with E-state index in [9.17, 15) is 4.79 Å². The molecule has 0 aromatic rings. The molecular formula is C5H7N3O. The van der Waals surface area contributed by atoms with Crippen LogP contribution in [0.3, 0.4) is 0 Å². The lowest BCUT2D eigenvalue weighted by Gasteiger charge is -1.88. The van der Waals surface area contributed by atoms with Gasteiger partial charge in [-0.05, 0) is 6.92 Å². The zero-order valence-corrected chi connectivity index (χ0v) is 5.09. The maximum atomic E-state index is 10.3. The van der Waals surface area contributed by atoms with Crippen LogP contribution < -0.4 is 5.32 Å². The average molecular weight is 125 g/mol. The summed E-state index contributed by atoms with van der Waals surface area (Å²) in [6.45, 7) is 2.56. The number of aliphatic imine (C=N–C) groups is 2. The summed E-state index contributed by atoms with van der Waals surface area (Å²) in [5.41, 5.74) is 0. The molecule has 1 aliphatic rings. The average Bonchev–Trinajstić information content (AvgIpc) is 2.17. The first-order valence-corrected chi connectivity index (χ1v) is 2.72. The number of nitrogens with one attached hydrogen (secondary N) is 1. The first-order valence-electron chi connectivity index (χ1n) is 2.72. The Kier molecular flexibility index (Phi) is 1.58. The van der Waals surface area contributed by atoms with Crippen molar-refractivity contribution < 1.29 is 4.79 Å². The van der Waals surface area contributed by atoms with Crippen LogP contribution in [0, 0.1) is 0 Å². The van der Waals surface area contributed by atoms with Crippen LogP contribution >= 0.6 is 0 Å². The quantitative estimate of drug-likeness (QED) is 0.534. The van der Waals surface area contributed by atoms with Gasteiger partial charge in [0.25, 0.3) is 0 Å². The number of hydrogen-bond acceptors (Lipinski definition) is 2. The molecule has 4 heteroatoms. The maximum Gasteiger partial charge on any atom is 0.346 e. The molecule has 1 aliphatic heterocycles. The van der Waals surface area contributed by atoms with Gasteiger partial charge >= 0.3 is 6.03 Å². The summed E-state index contributed by atoms with van der Waals surface area (Å²) in [4.78, 5) is 17.7. The van der Waals surface area contributed by atoms with Crippen molar-refractivity contribution in [2.45, 2.75) is 6.92 Å². The Morgan fingerprint density at radius 3 is 3.11 bits per heavy atom. The molecule has 0 saturated carbocycles. The second kappa shape index (κ2) is 2.39. The number of carbonyl (C=O) groups excluding carboxylic acids is 1. The molecule has 0 spiro atoms. The number of amides is 2. The molecule has 48 valence electrons. The van der Waals surface area contributed by atoms with E-state index >= 15 is 0 Å². The highest BCUT2D eigenvalue weighted by atomic mass is 16.2. The zero-order valence-electron chi connectivity index (χ0n) is 5.09. The second-order valence-electron chi connectivity index (χ2n) is 1.55. The molecule has 0 radical (unpaired) electrons. The maximum absolute atomic E-state index is 10.3. The molecule has 0 bridgehead atoms. The van der Waals surface area contributed by atoms with Gasteiger partial charge < -0.3 is 0 Å². The van der Waals surface area contributed by atoms with E-state index in [0.29, 0.717) is 12.4 Å². The van der Waals surface area contributed by atoms with Crippen LogP contribution in [0.2, 0.25) is 0 Å². The third-order valence-electron chi connectivity index (χ3n) is 0.868. The van der Waals surface area contributed by atoms with Crippen molar-refractivity contribution in [2.24, 2.45) is 9.98 Å². The van der Waals surface area contributed by atoms with Crippen LogP contribution in [0.1, 0.15) is 6.92 Å². The summed E-state index contributed by atoms with van der Waals surface area (Å²) in [6, 6.07) is -0.331. The Labute approximate surface area is 52.7 Å². The lowest BCUT2D eigenvalue weighted by atomic mass is 10.6. The highest BCUT2D eigenvalue weighted by molar-refractivity contribution is 6.38. The second-order valence-corrected chi connectivity index (χ2v) is 1.55. The number of carbonyl (C=O) groups is 1. The molecule has 2 amide bonds. The number of hydrogen-bond donors (Lipinski definition) is 1. The van der Waals surface area contributed by atoms with E-state index in [1.54, 1.807) is 0 Å². The summed E-state index contributed by atoms with van der Waals surface area (Å²) in [5.74, 6) is 0.558. The van der Waals surface area contributed by atoms with Gasteiger partial charge in [-0.25, -0.2) is 4.79 Å². The fraction of sp³-hybridized carbons (Fsp3) is 0.400. The molecular weight excluding hydrogens is 118 g/mol. The normalized spacial score (nSPS) is 21.0. The van der Waals surface area contributed by atoms with Crippen molar-refractivity contribution >= 4 is 18.1 Å². The summed E-state index contributed by atoms with van der Waals surface area (Å²) < 4.78 is 0. The number of amidine groups is 1. The third kappa shape index (κ3) is 1.35. The SMILES string of the molecule is CCN=C1C=NC(=O)N1. The van der Waals surface area contributed by atoms with Crippen LogP contribution in [0.5, 0.6) is 0 Å². The molecule has 1 rings (SSSR count). The van der Waals surface area contributed by atoms with Gasteiger partial charge in [0.2, 0.25) is 0 Å². The third-order valence-corrected chi connectivity index (χ3v) is 0.868. The zero-order chi connectivity index (χ0) is 6.69. The molecule has 0 aromatic carbocycles. The molecule has 9 heavy (non-hydrogen) atoms. The van der Waals surface area contributed by atoms with Crippen molar-refractivity contribution in [1.29, 1.82) is 0 Å². The van der Waals surface area contributed by atoms with E-state index in [4.69, 9.17) is 0 Å². The minimum absolute atomic E-state index is 0.331. The predicted octanol–water partition coefficient (Wildman–Crippen LogP) is 0.199. The smallest absolute Gasteiger partial charge is 0.289 e. The van der Waals surface area contributed by atoms with Crippen molar-refractivity contribution in [3.05, 3.63) is 0 Å². The van der Waals surface area contributed by atoms with E-state index in [-0.39, 0.29) is 6.03 Å². The number of urea groups is 1. The van der Waals surface area contributed by atoms with Gasteiger partial charge in [-0.15, -0.1) is 0 Å². The molecule has 1 N–H and O–H groups in total. The Hall–Kier alpha value is -1.19. The van der Waals surface area contributed by atoms with Crippen molar-refractivity contribution in [2.75, 3.05) is 6.54 Å². The fourth-order valence-electron chi connectivity index (χ4n) is 0.545. The van der Waals surface area contributed by atoms with Gasteiger partial charge in [0, 0.05) is 6.54 Å². The van der Waals surface area contributed by atoms with Gasteiger partial charge in [-0.3, -0.25) is 10.3 Å². The first-order chi connectivity index (χ1) is 4.33. The Balaban J connectivity index is 2.60. The lowest BCUT2D eigenvalue weighted by molar-refractivity contribution is 0.254. The van der Waals surface area contributed by atoms with Crippen LogP contribution in [-0.2, 0) is 0 Å². The molecule has 0 atom stereocenters. The molecule has 0 aromatic heterocycles. The molecule has 0 fully saturated rings.